The van der Waals surface area contributed by atoms with Gasteiger partial charge in [0.15, 0.2) is 0 Å². The SMILES string of the molecule is CC(C#N)CN(C)C(=O)N1c2ccccc2C[C@H]1C(=O)O. The van der Waals surface area contributed by atoms with Crippen LogP contribution in [-0.2, 0) is 11.2 Å². The highest BCUT2D eigenvalue weighted by atomic mass is 16.4. The zero-order chi connectivity index (χ0) is 15.6. The van der Waals surface area contributed by atoms with Crippen LogP contribution in [0.1, 0.15) is 12.5 Å². The number of benzene rings is 1. The van der Waals surface area contributed by atoms with E-state index < -0.39 is 18.0 Å². The number of carboxylic acids is 1. The third-order valence-corrected chi connectivity index (χ3v) is 3.56. The lowest BCUT2D eigenvalue weighted by atomic mass is 10.1. The standard InChI is InChI=1S/C15H17N3O3/c1-10(8-16)9-17(2)15(21)18-12-6-4-3-5-11(12)7-13(18)14(19)20/h3-6,10,13H,7,9H2,1-2H3,(H,19,20)/t10?,13-/m0/s1. The van der Waals surface area contributed by atoms with Crippen LogP contribution in [0.2, 0.25) is 0 Å². The van der Waals surface area contributed by atoms with Gasteiger partial charge in [-0.15, -0.1) is 0 Å². The highest BCUT2D eigenvalue weighted by Crippen LogP contribution is 2.32. The second-order valence-electron chi connectivity index (χ2n) is 5.25. The Balaban J connectivity index is 2.28. The molecule has 0 bridgehead atoms. The van der Waals surface area contributed by atoms with Crippen LogP contribution in [0.15, 0.2) is 24.3 Å². The van der Waals surface area contributed by atoms with Crippen molar-refractivity contribution < 1.29 is 14.7 Å². The molecule has 0 fully saturated rings. The van der Waals surface area contributed by atoms with Crippen LogP contribution < -0.4 is 4.90 Å². The fraction of sp³-hybridized carbons (Fsp3) is 0.400. The number of carbonyl (C=O) groups is 2. The third-order valence-electron chi connectivity index (χ3n) is 3.56. The first-order valence-electron chi connectivity index (χ1n) is 6.70. The fourth-order valence-corrected chi connectivity index (χ4v) is 2.53. The van der Waals surface area contributed by atoms with E-state index in [1.807, 2.05) is 12.1 Å². The first kappa shape index (κ1) is 14.9. The Bertz CT molecular complexity index is 608. The monoisotopic (exact) mass is 287 g/mol. The van der Waals surface area contributed by atoms with Crippen molar-refractivity contribution >= 4 is 17.7 Å². The quantitative estimate of drug-likeness (QED) is 0.917. The molecule has 6 heteroatoms. The van der Waals surface area contributed by atoms with Crippen LogP contribution in [0.3, 0.4) is 0 Å². The Labute approximate surface area is 123 Å². The maximum Gasteiger partial charge on any atom is 0.327 e. The molecule has 0 saturated heterocycles. The normalized spacial score (nSPS) is 17.8. The highest BCUT2D eigenvalue weighted by Gasteiger charge is 2.39. The first-order chi connectivity index (χ1) is 9.95. The summed E-state index contributed by atoms with van der Waals surface area (Å²) in [5.74, 6) is -1.33. The van der Waals surface area contributed by atoms with Crippen molar-refractivity contribution in [3.05, 3.63) is 29.8 Å². The van der Waals surface area contributed by atoms with Crippen molar-refractivity contribution in [2.75, 3.05) is 18.5 Å². The average molecular weight is 287 g/mol. The number of nitrogens with zero attached hydrogens (tertiary/aromatic N) is 3. The minimum Gasteiger partial charge on any atom is -0.480 e. The zero-order valence-electron chi connectivity index (χ0n) is 12.0. The van der Waals surface area contributed by atoms with Gasteiger partial charge < -0.3 is 10.0 Å². The summed E-state index contributed by atoms with van der Waals surface area (Å²) in [5.41, 5.74) is 1.48. The molecule has 0 radical (unpaired) electrons. The molecule has 2 atom stereocenters. The summed E-state index contributed by atoms with van der Waals surface area (Å²) in [6.45, 7) is 1.98. The molecular formula is C15H17N3O3. The maximum absolute atomic E-state index is 12.6. The largest absolute Gasteiger partial charge is 0.480 e. The number of aliphatic carboxylic acids is 1. The maximum atomic E-state index is 12.6. The van der Waals surface area contributed by atoms with E-state index in [-0.39, 0.29) is 12.5 Å². The molecule has 1 aromatic rings. The second kappa shape index (κ2) is 5.83. The second-order valence-corrected chi connectivity index (χ2v) is 5.25. The van der Waals surface area contributed by atoms with Crippen LogP contribution in [0.5, 0.6) is 0 Å². The molecule has 110 valence electrons. The van der Waals surface area contributed by atoms with Crippen molar-refractivity contribution in [2.24, 2.45) is 5.92 Å². The van der Waals surface area contributed by atoms with Gasteiger partial charge in [-0.2, -0.15) is 5.26 Å². The number of rotatable bonds is 3. The summed E-state index contributed by atoms with van der Waals surface area (Å²) in [6, 6.07) is 7.96. The summed E-state index contributed by atoms with van der Waals surface area (Å²) in [4.78, 5) is 26.7. The van der Waals surface area contributed by atoms with E-state index in [4.69, 9.17) is 5.26 Å². The molecule has 0 spiro atoms. The van der Waals surface area contributed by atoms with Crippen LogP contribution in [0.4, 0.5) is 10.5 Å². The van der Waals surface area contributed by atoms with E-state index in [0.29, 0.717) is 12.1 Å². The Morgan fingerprint density at radius 2 is 2.19 bits per heavy atom. The molecule has 1 unspecified atom stereocenters. The molecule has 6 nitrogen and oxygen atoms in total. The number of urea groups is 1. The Morgan fingerprint density at radius 3 is 2.81 bits per heavy atom. The Morgan fingerprint density at radius 1 is 1.52 bits per heavy atom. The lowest BCUT2D eigenvalue weighted by molar-refractivity contribution is -0.138. The minimum atomic E-state index is -1.03. The topological polar surface area (TPSA) is 84.6 Å². The molecule has 21 heavy (non-hydrogen) atoms. The van der Waals surface area contributed by atoms with Crippen LogP contribution >= 0.6 is 0 Å². The summed E-state index contributed by atoms with van der Waals surface area (Å²) < 4.78 is 0. The lowest BCUT2D eigenvalue weighted by Gasteiger charge is -2.28. The van der Waals surface area contributed by atoms with E-state index in [9.17, 15) is 14.7 Å². The molecule has 0 aliphatic carbocycles. The van der Waals surface area contributed by atoms with E-state index >= 15 is 0 Å². The Hall–Kier alpha value is -2.55. The zero-order valence-corrected chi connectivity index (χ0v) is 12.0. The van der Waals surface area contributed by atoms with Gasteiger partial charge in [0.25, 0.3) is 0 Å². The van der Waals surface area contributed by atoms with Gasteiger partial charge in [-0.25, -0.2) is 9.59 Å². The lowest BCUT2D eigenvalue weighted by Crippen LogP contribution is -2.49. The van der Waals surface area contributed by atoms with Gasteiger partial charge in [-0.1, -0.05) is 18.2 Å². The van der Waals surface area contributed by atoms with Crippen molar-refractivity contribution in [2.45, 2.75) is 19.4 Å². The van der Waals surface area contributed by atoms with Crippen LogP contribution in [-0.4, -0.2) is 41.6 Å². The summed E-state index contributed by atoms with van der Waals surface area (Å²) in [5, 5.41) is 18.2. The number of fused-ring (bicyclic) bond motifs is 1. The molecule has 0 aromatic heterocycles. The number of nitriles is 1. The van der Waals surface area contributed by atoms with E-state index in [1.165, 1.54) is 9.80 Å². The number of hydrogen-bond donors (Lipinski definition) is 1. The number of hydrogen-bond acceptors (Lipinski definition) is 3. The Kier molecular flexibility index (Phi) is 4.13. The molecule has 1 heterocycles. The van der Waals surface area contributed by atoms with Gasteiger partial charge in [0.1, 0.15) is 6.04 Å². The summed E-state index contributed by atoms with van der Waals surface area (Å²) >= 11 is 0. The number of carbonyl (C=O) groups excluding carboxylic acids is 1. The van der Waals surface area contributed by atoms with E-state index in [0.717, 1.165) is 5.56 Å². The fourth-order valence-electron chi connectivity index (χ4n) is 2.53. The van der Waals surface area contributed by atoms with Crippen molar-refractivity contribution in [3.8, 4) is 6.07 Å². The molecule has 0 saturated carbocycles. The molecule has 1 aromatic carbocycles. The number of para-hydroxylation sites is 1. The first-order valence-corrected chi connectivity index (χ1v) is 6.70. The molecule has 2 amide bonds. The van der Waals surface area contributed by atoms with Crippen LogP contribution in [0.25, 0.3) is 0 Å². The van der Waals surface area contributed by atoms with Crippen molar-refractivity contribution in [1.29, 1.82) is 5.26 Å². The average Bonchev–Trinajstić information content (AvgIpc) is 2.85. The minimum absolute atomic E-state index is 0.264. The molecule has 2 rings (SSSR count). The smallest absolute Gasteiger partial charge is 0.327 e. The van der Waals surface area contributed by atoms with Crippen molar-refractivity contribution in [1.82, 2.24) is 4.90 Å². The van der Waals surface area contributed by atoms with Crippen molar-refractivity contribution in [3.63, 3.8) is 0 Å². The van der Waals surface area contributed by atoms with Gasteiger partial charge in [0.05, 0.1) is 12.0 Å². The molecule has 1 aliphatic rings. The number of anilines is 1. The molecule has 1 N–H and O–H groups in total. The number of carboxylic acid groups (broad SMARTS) is 1. The summed E-state index contributed by atoms with van der Waals surface area (Å²) in [6.07, 6.45) is 0.304. The van der Waals surface area contributed by atoms with Gasteiger partial charge in [0, 0.05) is 25.7 Å². The highest BCUT2D eigenvalue weighted by molar-refractivity contribution is 6.00. The van der Waals surface area contributed by atoms with Gasteiger partial charge in [0.2, 0.25) is 0 Å². The van der Waals surface area contributed by atoms with Gasteiger partial charge in [-0.05, 0) is 18.6 Å². The molecule has 1 aliphatic heterocycles. The summed E-state index contributed by atoms with van der Waals surface area (Å²) in [7, 11) is 1.58. The number of amides is 2. The van der Waals surface area contributed by atoms with E-state index in [1.54, 1.807) is 26.1 Å². The predicted molar refractivity (Wildman–Crippen MR) is 76.9 cm³/mol. The predicted octanol–water partition coefficient (Wildman–Crippen LogP) is 1.71. The molecular weight excluding hydrogens is 270 g/mol. The van der Waals surface area contributed by atoms with Gasteiger partial charge >= 0.3 is 12.0 Å². The van der Waals surface area contributed by atoms with Gasteiger partial charge in [-0.3, -0.25) is 4.90 Å². The third kappa shape index (κ3) is 2.82. The van der Waals surface area contributed by atoms with Crippen LogP contribution in [0, 0.1) is 17.2 Å². The van der Waals surface area contributed by atoms with E-state index in [2.05, 4.69) is 6.07 Å².